The lowest BCUT2D eigenvalue weighted by atomic mass is 9.94. The molecule has 1 fully saturated rings. The minimum Gasteiger partial charge on any atom is -0.341 e. The average Bonchev–Trinajstić information content (AvgIpc) is 2.44. The van der Waals surface area contributed by atoms with Crippen LogP contribution in [0.5, 0.6) is 0 Å². The third kappa shape index (κ3) is 5.49. The molecule has 5 nitrogen and oxygen atoms in total. The van der Waals surface area contributed by atoms with Gasteiger partial charge in [-0.05, 0) is 26.2 Å². The highest BCUT2D eigenvalue weighted by Gasteiger charge is 2.23. The maximum absolute atomic E-state index is 12.2. The van der Waals surface area contributed by atoms with Crippen molar-refractivity contribution >= 4 is 11.8 Å². The van der Waals surface area contributed by atoms with E-state index in [1.54, 1.807) is 7.05 Å². The van der Waals surface area contributed by atoms with Crippen LogP contribution in [0.3, 0.4) is 0 Å². The molecule has 5 heteroatoms. The number of rotatable bonds is 6. The summed E-state index contributed by atoms with van der Waals surface area (Å²) in [5.74, 6) is 0.0289. The van der Waals surface area contributed by atoms with E-state index in [-0.39, 0.29) is 24.4 Å². The molecule has 0 saturated heterocycles. The van der Waals surface area contributed by atoms with E-state index in [4.69, 9.17) is 5.73 Å². The van der Waals surface area contributed by atoms with Gasteiger partial charge in [0.1, 0.15) is 0 Å². The van der Waals surface area contributed by atoms with E-state index in [2.05, 4.69) is 0 Å². The number of nitrogens with zero attached hydrogens (tertiary/aromatic N) is 2. The first-order valence-corrected chi connectivity index (χ1v) is 7.67. The Hall–Kier alpha value is -1.10. The van der Waals surface area contributed by atoms with Crippen LogP contribution in [0.15, 0.2) is 0 Å². The first kappa shape index (κ1) is 17.0. The molecule has 1 saturated carbocycles. The summed E-state index contributed by atoms with van der Waals surface area (Å²) in [6.45, 7) is 2.06. The van der Waals surface area contributed by atoms with E-state index in [1.165, 1.54) is 24.2 Å². The van der Waals surface area contributed by atoms with Gasteiger partial charge in [-0.25, -0.2) is 0 Å². The summed E-state index contributed by atoms with van der Waals surface area (Å²) < 4.78 is 0. The number of nitrogens with two attached hydrogens (primary N) is 1. The number of carbonyl (C=O) groups is 2. The van der Waals surface area contributed by atoms with E-state index < -0.39 is 0 Å². The number of hydrogen-bond acceptors (Lipinski definition) is 3. The standard InChI is InChI=1S/C15H29N3O2/c1-12(16)9-10-14(19)17(2)11-15(20)18(3)13-7-5-4-6-8-13/h12-13H,4-11,16H2,1-3H3. The molecule has 20 heavy (non-hydrogen) atoms. The van der Waals surface area contributed by atoms with Crippen LogP contribution in [0.4, 0.5) is 0 Å². The minimum atomic E-state index is -0.00676. The molecule has 0 heterocycles. The van der Waals surface area contributed by atoms with Crippen molar-refractivity contribution < 1.29 is 9.59 Å². The van der Waals surface area contributed by atoms with Crippen LogP contribution in [-0.4, -0.2) is 54.3 Å². The van der Waals surface area contributed by atoms with Gasteiger partial charge in [-0.1, -0.05) is 19.3 Å². The van der Waals surface area contributed by atoms with Crippen LogP contribution in [0.25, 0.3) is 0 Å². The summed E-state index contributed by atoms with van der Waals surface area (Å²) in [5.41, 5.74) is 5.64. The second-order valence-electron chi connectivity index (χ2n) is 6.06. The molecule has 1 aliphatic rings. The zero-order valence-corrected chi connectivity index (χ0v) is 13.1. The molecule has 0 bridgehead atoms. The second-order valence-corrected chi connectivity index (χ2v) is 6.06. The van der Waals surface area contributed by atoms with Crippen molar-refractivity contribution in [3.05, 3.63) is 0 Å². The van der Waals surface area contributed by atoms with Crippen molar-refractivity contribution in [3.63, 3.8) is 0 Å². The summed E-state index contributed by atoms with van der Waals surface area (Å²) in [6, 6.07) is 0.372. The molecule has 1 atom stereocenters. The Morgan fingerprint density at radius 1 is 1.15 bits per heavy atom. The summed E-state index contributed by atoms with van der Waals surface area (Å²) in [5, 5.41) is 0. The maximum atomic E-state index is 12.2. The Morgan fingerprint density at radius 3 is 2.30 bits per heavy atom. The van der Waals surface area contributed by atoms with Gasteiger partial charge in [0.15, 0.2) is 0 Å². The van der Waals surface area contributed by atoms with Crippen molar-refractivity contribution in [2.24, 2.45) is 5.73 Å². The normalized spacial score (nSPS) is 17.6. The van der Waals surface area contributed by atoms with Crippen molar-refractivity contribution in [3.8, 4) is 0 Å². The first-order valence-electron chi connectivity index (χ1n) is 7.67. The van der Waals surface area contributed by atoms with Crippen molar-refractivity contribution in [1.82, 2.24) is 9.80 Å². The molecular formula is C15H29N3O2. The molecule has 1 rings (SSSR count). The van der Waals surface area contributed by atoms with Crippen LogP contribution in [0.1, 0.15) is 51.9 Å². The second kappa shape index (κ2) is 8.25. The fraction of sp³-hybridized carbons (Fsp3) is 0.867. The minimum absolute atomic E-state index is 0.00676. The van der Waals surface area contributed by atoms with Crippen molar-refractivity contribution in [2.45, 2.75) is 64.0 Å². The first-order chi connectivity index (χ1) is 9.41. The smallest absolute Gasteiger partial charge is 0.242 e. The summed E-state index contributed by atoms with van der Waals surface area (Å²) in [6.07, 6.45) is 6.92. The van der Waals surface area contributed by atoms with Crippen molar-refractivity contribution in [2.75, 3.05) is 20.6 Å². The highest BCUT2D eigenvalue weighted by molar-refractivity contribution is 5.84. The maximum Gasteiger partial charge on any atom is 0.242 e. The lowest BCUT2D eigenvalue weighted by Crippen LogP contribution is -2.44. The Kier molecular flexibility index (Phi) is 6.99. The molecule has 0 radical (unpaired) electrons. The summed E-state index contributed by atoms with van der Waals surface area (Å²) >= 11 is 0. The van der Waals surface area contributed by atoms with E-state index in [0.29, 0.717) is 18.9 Å². The van der Waals surface area contributed by atoms with Crippen LogP contribution in [0, 0.1) is 0 Å². The molecule has 0 spiro atoms. The lowest BCUT2D eigenvalue weighted by Gasteiger charge is -2.32. The molecule has 1 unspecified atom stereocenters. The van der Waals surface area contributed by atoms with Gasteiger partial charge in [0, 0.05) is 32.6 Å². The van der Waals surface area contributed by atoms with Gasteiger partial charge < -0.3 is 15.5 Å². The number of amides is 2. The number of carbonyl (C=O) groups excluding carboxylic acids is 2. The monoisotopic (exact) mass is 283 g/mol. The van der Waals surface area contributed by atoms with Crippen LogP contribution < -0.4 is 5.73 Å². The van der Waals surface area contributed by atoms with Crippen molar-refractivity contribution in [1.29, 1.82) is 0 Å². The third-order valence-corrected chi connectivity index (χ3v) is 4.13. The quantitative estimate of drug-likeness (QED) is 0.800. The van der Waals surface area contributed by atoms with E-state index in [9.17, 15) is 9.59 Å². The highest BCUT2D eigenvalue weighted by Crippen LogP contribution is 2.21. The molecular weight excluding hydrogens is 254 g/mol. The largest absolute Gasteiger partial charge is 0.341 e. The molecule has 0 aromatic rings. The SMILES string of the molecule is CC(N)CCC(=O)N(C)CC(=O)N(C)C1CCCCC1. The predicted molar refractivity (Wildman–Crippen MR) is 80.2 cm³/mol. The highest BCUT2D eigenvalue weighted by atomic mass is 16.2. The van der Waals surface area contributed by atoms with E-state index in [1.807, 2.05) is 18.9 Å². The Labute approximate surface area is 122 Å². The third-order valence-electron chi connectivity index (χ3n) is 4.13. The molecule has 1 aliphatic carbocycles. The average molecular weight is 283 g/mol. The summed E-state index contributed by atoms with van der Waals surface area (Å²) in [4.78, 5) is 27.4. The molecule has 2 N–H and O–H groups in total. The zero-order chi connectivity index (χ0) is 15.1. The fourth-order valence-electron chi connectivity index (χ4n) is 2.62. The van der Waals surface area contributed by atoms with Crippen LogP contribution >= 0.6 is 0 Å². The molecule has 0 aliphatic heterocycles. The lowest BCUT2D eigenvalue weighted by molar-refractivity contribution is -0.140. The Morgan fingerprint density at radius 2 is 1.75 bits per heavy atom. The molecule has 0 aromatic heterocycles. The zero-order valence-electron chi connectivity index (χ0n) is 13.1. The number of hydrogen-bond donors (Lipinski definition) is 1. The van der Waals surface area contributed by atoms with E-state index in [0.717, 1.165) is 12.8 Å². The van der Waals surface area contributed by atoms with Gasteiger partial charge in [0.05, 0.1) is 6.54 Å². The summed E-state index contributed by atoms with van der Waals surface area (Å²) in [7, 11) is 3.55. The van der Waals surface area contributed by atoms with E-state index >= 15 is 0 Å². The van der Waals surface area contributed by atoms with Gasteiger partial charge in [-0.3, -0.25) is 9.59 Å². The van der Waals surface area contributed by atoms with Gasteiger partial charge in [-0.15, -0.1) is 0 Å². The Bertz CT molecular complexity index is 325. The fourth-order valence-corrected chi connectivity index (χ4v) is 2.62. The molecule has 116 valence electrons. The molecule has 2 amide bonds. The van der Waals surface area contributed by atoms with Crippen LogP contribution in [0.2, 0.25) is 0 Å². The molecule has 0 aromatic carbocycles. The van der Waals surface area contributed by atoms with Crippen LogP contribution in [-0.2, 0) is 9.59 Å². The Balaban J connectivity index is 2.37. The number of likely N-dealkylation sites (N-methyl/N-ethyl adjacent to an activating group) is 2. The topological polar surface area (TPSA) is 66.6 Å². The van der Waals surface area contributed by atoms with Gasteiger partial charge in [0.2, 0.25) is 11.8 Å². The van der Waals surface area contributed by atoms with Gasteiger partial charge >= 0.3 is 0 Å². The van der Waals surface area contributed by atoms with Gasteiger partial charge in [-0.2, -0.15) is 0 Å². The predicted octanol–water partition coefficient (Wildman–Crippen LogP) is 1.36. The van der Waals surface area contributed by atoms with Gasteiger partial charge in [0.25, 0.3) is 0 Å².